The van der Waals surface area contributed by atoms with E-state index in [2.05, 4.69) is 10.5 Å². The lowest BCUT2D eigenvalue weighted by Gasteiger charge is -2.11. The summed E-state index contributed by atoms with van der Waals surface area (Å²) in [5, 5.41) is 23.3. The largest absolute Gasteiger partial charge is 0.595 e. The third-order valence-electron chi connectivity index (χ3n) is 3.75. The molecule has 8 heteroatoms. The minimum atomic E-state index is -1.08. The number of nitrogens with one attached hydrogen (secondary N) is 2. The average Bonchev–Trinajstić information content (AvgIpc) is 2.65. The van der Waals surface area contributed by atoms with Crippen LogP contribution in [0.1, 0.15) is 22.8 Å². The Hall–Kier alpha value is -3.33. The van der Waals surface area contributed by atoms with Crippen molar-refractivity contribution < 1.29 is 19.6 Å². The minimum Gasteiger partial charge on any atom is -0.595 e. The summed E-state index contributed by atoms with van der Waals surface area (Å²) in [6.45, 7) is 1.58. The van der Waals surface area contributed by atoms with Crippen molar-refractivity contribution in [3.8, 4) is 0 Å². The van der Waals surface area contributed by atoms with Crippen LogP contribution in [0.15, 0.2) is 68.9 Å². The summed E-state index contributed by atoms with van der Waals surface area (Å²) >= 11 is 0. The fourth-order valence-corrected chi connectivity index (χ4v) is 2.34. The van der Waals surface area contributed by atoms with Crippen molar-refractivity contribution in [1.29, 1.82) is 0 Å². The molecule has 0 aliphatic rings. The van der Waals surface area contributed by atoms with Crippen LogP contribution in [0.2, 0.25) is 0 Å². The molecule has 2 aromatic carbocycles. The zero-order chi connectivity index (χ0) is 18.7. The Morgan fingerprint density at radius 3 is 2.58 bits per heavy atom. The molecule has 1 aromatic heterocycles. The van der Waals surface area contributed by atoms with Gasteiger partial charge >= 0.3 is 5.63 Å². The van der Waals surface area contributed by atoms with E-state index in [4.69, 9.17) is 9.62 Å². The molecule has 0 saturated heterocycles. The zero-order valence-electron chi connectivity index (χ0n) is 13.7. The molecule has 0 aliphatic carbocycles. The van der Waals surface area contributed by atoms with E-state index in [0.29, 0.717) is 11.3 Å². The Balaban J connectivity index is 1.80. The van der Waals surface area contributed by atoms with Gasteiger partial charge in [-0.3, -0.25) is 4.79 Å². The first-order chi connectivity index (χ1) is 12.5. The number of carbonyl (C=O) groups excluding carboxylic acids is 1. The molecule has 8 nitrogen and oxygen atoms in total. The van der Waals surface area contributed by atoms with E-state index in [-0.39, 0.29) is 16.8 Å². The number of amides is 1. The molecule has 1 amide bonds. The molecule has 1 unspecified atom stereocenters. The fourth-order valence-electron chi connectivity index (χ4n) is 2.34. The van der Waals surface area contributed by atoms with Gasteiger partial charge in [-0.1, -0.05) is 18.2 Å². The average molecular weight is 353 g/mol. The zero-order valence-corrected chi connectivity index (χ0v) is 13.7. The summed E-state index contributed by atoms with van der Waals surface area (Å²) in [4.78, 5) is 24.2. The second-order valence-corrected chi connectivity index (χ2v) is 5.51. The number of hydrazone groups is 1. The number of fused-ring (bicyclic) bond motifs is 1. The van der Waals surface area contributed by atoms with E-state index >= 15 is 0 Å². The lowest BCUT2D eigenvalue weighted by atomic mass is 10.1. The van der Waals surface area contributed by atoms with Gasteiger partial charge in [-0.2, -0.15) is 10.3 Å². The molecule has 26 heavy (non-hydrogen) atoms. The Bertz CT molecular complexity index is 1040. The van der Waals surface area contributed by atoms with E-state index in [1.165, 1.54) is 24.3 Å². The molecule has 132 valence electrons. The molecular weight excluding hydrogens is 338 g/mol. The van der Waals surface area contributed by atoms with E-state index < -0.39 is 16.8 Å². The third-order valence-corrected chi connectivity index (χ3v) is 3.75. The van der Waals surface area contributed by atoms with Crippen LogP contribution in [0, 0.1) is 5.21 Å². The van der Waals surface area contributed by atoms with E-state index in [1.807, 2.05) is 6.07 Å². The maximum absolute atomic E-state index is 12.1. The Labute approximate surface area is 147 Å². The molecular formula is C18H15N3O5. The predicted octanol–water partition coefficient (Wildman–Crippen LogP) is 1.35. The van der Waals surface area contributed by atoms with Gasteiger partial charge in [-0.15, -0.1) is 0 Å². The number of rotatable bonds is 4. The van der Waals surface area contributed by atoms with Gasteiger partial charge in [0.15, 0.2) is 5.69 Å². The molecule has 0 spiro atoms. The number of carbonyl (C=O) groups is 1. The minimum absolute atomic E-state index is 0.0787. The molecule has 0 fully saturated rings. The van der Waals surface area contributed by atoms with Crippen LogP contribution in [0.4, 0.5) is 5.69 Å². The summed E-state index contributed by atoms with van der Waals surface area (Å²) in [5.41, 5.74) is 3.12. The Morgan fingerprint density at radius 1 is 1.19 bits per heavy atom. The van der Waals surface area contributed by atoms with Gasteiger partial charge in [0.25, 0.3) is 5.91 Å². The Morgan fingerprint density at radius 2 is 1.88 bits per heavy atom. The summed E-state index contributed by atoms with van der Waals surface area (Å²) in [5.74, 6) is -0.522. The summed E-state index contributed by atoms with van der Waals surface area (Å²) in [6, 6.07) is 14.1. The van der Waals surface area contributed by atoms with Crippen molar-refractivity contribution >= 4 is 28.3 Å². The molecule has 0 saturated carbocycles. The standard InChI is InChI=1S/C18H15N3O5/c1-11(15-10-13-4-2-3-5-16(13)26-18(15)23)19-20-17(22)12-6-8-14(9-7-12)21(24)25/h2-10,21,24H,1H3,(H,20,22). The third kappa shape index (κ3) is 3.67. The first-order valence-electron chi connectivity index (χ1n) is 7.67. The van der Waals surface area contributed by atoms with E-state index in [1.54, 1.807) is 31.2 Å². The molecule has 3 aromatic rings. The summed E-state index contributed by atoms with van der Waals surface area (Å²) < 4.78 is 5.24. The Kier molecular flexibility index (Phi) is 4.90. The van der Waals surface area contributed by atoms with Gasteiger partial charge in [-0.05, 0) is 31.2 Å². The van der Waals surface area contributed by atoms with Crippen LogP contribution in [0.5, 0.6) is 0 Å². The highest BCUT2D eigenvalue weighted by atomic mass is 16.8. The van der Waals surface area contributed by atoms with E-state index in [0.717, 1.165) is 5.39 Å². The van der Waals surface area contributed by atoms with E-state index in [9.17, 15) is 14.8 Å². The SMILES string of the molecule is CC(=NNC(=O)c1ccc([NH+]([O-])O)cc1)c1cc2ccccc2oc1=O. The summed E-state index contributed by atoms with van der Waals surface area (Å²) in [6.07, 6.45) is 0. The molecule has 1 heterocycles. The number of hydrogen-bond donors (Lipinski definition) is 3. The molecule has 0 bridgehead atoms. The topological polar surface area (TPSA) is 119 Å². The first-order valence-corrected chi connectivity index (χ1v) is 7.67. The fraction of sp³-hybridized carbons (Fsp3) is 0.0556. The highest BCUT2D eigenvalue weighted by Gasteiger charge is 2.10. The van der Waals surface area contributed by atoms with Crippen LogP contribution in [-0.4, -0.2) is 16.8 Å². The number of para-hydroxylation sites is 1. The number of nitrogens with zero attached hydrogens (tertiary/aromatic N) is 1. The quantitative estimate of drug-likeness (QED) is 0.372. The van der Waals surface area contributed by atoms with Crippen LogP contribution >= 0.6 is 0 Å². The molecule has 0 aliphatic heterocycles. The van der Waals surface area contributed by atoms with Crippen molar-refractivity contribution in [3.05, 3.63) is 81.4 Å². The van der Waals surface area contributed by atoms with Crippen LogP contribution in [0.25, 0.3) is 11.0 Å². The highest BCUT2D eigenvalue weighted by Crippen LogP contribution is 2.13. The highest BCUT2D eigenvalue weighted by molar-refractivity contribution is 6.02. The number of benzene rings is 2. The number of quaternary nitrogens is 1. The van der Waals surface area contributed by atoms with Crippen LogP contribution in [-0.2, 0) is 0 Å². The van der Waals surface area contributed by atoms with Crippen LogP contribution < -0.4 is 16.3 Å². The maximum atomic E-state index is 12.1. The lowest BCUT2D eigenvalue weighted by Crippen LogP contribution is -2.99. The molecule has 3 N–H and O–H groups in total. The van der Waals surface area contributed by atoms with Gasteiger partial charge in [-0.25, -0.2) is 15.4 Å². The van der Waals surface area contributed by atoms with Crippen molar-refractivity contribution in [1.82, 2.24) is 5.43 Å². The van der Waals surface area contributed by atoms with Gasteiger partial charge in [0.2, 0.25) is 0 Å². The smallest absolute Gasteiger partial charge is 0.345 e. The predicted molar refractivity (Wildman–Crippen MR) is 94.4 cm³/mol. The van der Waals surface area contributed by atoms with Gasteiger partial charge < -0.3 is 9.62 Å². The summed E-state index contributed by atoms with van der Waals surface area (Å²) in [7, 11) is 0. The van der Waals surface area contributed by atoms with Gasteiger partial charge in [0, 0.05) is 23.1 Å². The van der Waals surface area contributed by atoms with Crippen LogP contribution in [0.3, 0.4) is 0 Å². The van der Waals surface area contributed by atoms with Crippen molar-refractivity contribution in [2.75, 3.05) is 0 Å². The first kappa shape index (κ1) is 17.5. The van der Waals surface area contributed by atoms with Gasteiger partial charge in [0.1, 0.15) is 5.58 Å². The monoisotopic (exact) mass is 353 g/mol. The lowest BCUT2D eigenvalue weighted by molar-refractivity contribution is -0.991. The number of hydrogen-bond acceptors (Lipinski definition) is 6. The molecule has 0 radical (unpaired) electrons. The molecule has 3 rings (SSSR count). The maximum Gasteiger partial charge on any atom is 0.345 e. The molecule has 1 atom stereocenters. The van der Waals surface area contributed by atoms with Crippen molar-refractivity contribution in [2.24, 2.45) is 5.10 Å². The van der Waals surface area contributed by atoms with Crippen molar-refractivity contribution in [3.63, 3.8) is 0 Å². The normalized spacial score (nSPS) is 12.8. The second kappa shape index (κ2) is 7.28. The van der Waals surface area contributed by atoms with Crippen molar-refractivity contribution in [2.45, 2.75) is 6.92 Å². The van der Waals surface area contributed by atoms with Gasteiger partial charge in [0.05, 0.1) is 11.3 Å². The second-order valence-electron chi connectivity index (χ2n) is 5.51.